The molecule has 0 radical (unpaired) electrons. The van der Waals surface area contributed by atoms with Crippen molar-refractivity contribution < 1.29 is 33.4 Å². The van der Waals surface area contributed by atoms with E-state index in [-0.39, 0.29) is 48.0 Å². The summed E-state index contributed by atoms with van der Waals surface area (Å²) < 4.78 is 30.8. The van der Waals surface area contributed by atoms with Crippen LogP contribution in [0.3, 0.4) is 0 Å². The smallest absolute Gasteiger partial charge is 0.258 e. The average molecular weight is 1020 g/mol. The summed E-state index contributed by atoms with van der Waals surface area (Å²) in [5.74, 6) is -0.770. The van der Waals surface area contributed by atoms with Crippen LogP contribution in [0.5, 0.6) is 11.5 Å². The van der Waals surface area contributed by atoms with E-state index in [2.05, 4.69) is 45.5 Å². The molecule has 390 valence electrons. The minimum absolute atomic E-state index is 0.0687. The number of amides is 3. The summed E-state index contributed by atoms with van der Waals surface area (Å²) in [5, 5.41) is 23.4. The van der Waals surface area contributed by atoms with Gasteiger partial charge in [-0.15, -0.1) is 0 Å². The Morgan fingerprint density at radius 1 is 0.800 bits per heavy atom. The summed E-state index contributed by atoms with van der Waals surface area (Å²) in [4.78, 5) is 53.6. The quantitative estimate of drug-likeness (QED) is 0.102. The zero-order chi connectivity index (χ0) is 52.3. The fourth-order valence-electron chi connectivity index (χ4n) is 11.6. The van der Waals surface area contributed by atoms with Crippen LogP contribution >= 0.6 is 0 Å². The van der Waals surface area contributed by atoms with Crippen molar-refractivity contribution >= 4 is 23.4 Å². The standard InChI is InChI=1S/C60H67FN8O6/c1-39-51(34-48(36-62)64(39)3)57-56(59(72)63-46-13-15-49(70)16-14-46)40(2)65(4)58(57)52-31-42-18-23-68(55(71)33-43-12-17-50(35-54(43)61)75-29-26-67-24-27-74-28-25-67)37-45(42)32-53(52)60(73)69-38-44-11-7-6-10-41(44)30-47(69)19-22-66-20-8-5-9-21-66/h6-7,10-17,31-32,34-35,47,70H,5,8-9,18-30,33,37-38H2,1-4H3,(H,63,72)/t47-/m1/s1. The summed E-state index contributed by atoms with van der Waals surface area (Å²) in [6, 6.07) is 27.4. The second-order valence-corrected chi connectivity index (χ2v) is 20.7. The Labute approximate surface area is 438 Å². The predicted octanol–water partition coefficient (Wildman–Crippen LogP) is 8.56. The number of nitrogens with zero attached hydrogens (tertiary/aromatic N) is 7. The number of benzene rings is 4. The van der Waals surface area contributed by atoms with Gasteiger partial charge in [-0.2, -0.15) is 5.26 Å². The molecular formula is C60H67FN8O6. The number of morpholine rings is 1. The van der Waals surface area contributed by atoms with E-state index in [0.29, 0.717) is 109 Å². The summed E-state index contributed by atoms with van der Waals surface area (Å²) in [6.07, 6.45) is 5.44. The van der Waals surface area contributed by atoms with Crippen LogP contribution < -0.4 is 10.1 Å². The number of hydrogen-bond donors (Lipinski definition) is 2. The maximum absolute atomic E-state index is 16.1. The number of nitriles is 1. The monoisotopic (exact) mass is 1010 g/mol. The van der Waals surface area contributed by atoms with E-state index in [1.54, 1.807) is 29.2 Å². The van der Waals surface area contributed by atoms with Gasteiger partial charge in [0, 0.05) is 111 Å². The summed E-state index contributed by atoms with van der Waals surface area (Å²) >= 11 is 0. The Hall–Kier alpha value is -7.25. The lowest BCUT2D eigenvalue weighted by molar-refractivity contribution is -0.131. The normalized spacial score (nSPS) is 17.0. The molecule has 4 aromatic carbocycles. The predicted molar refractivity (Wildman–Crippen MR) is 286 cm³/mol. The molecule has 2 saturated heterocycles. The third-order valence-electron chi connectivity index (χ3n) is 16.1. The molecule has 10 rings (SSSR count). The minimum Gasteiger partial charge on any atom is -0.508 e. The Bertz CT molecular complexity index is 3160. The third-order valence-corrected chi connectivity index (χ3v) is 16.1. The highest BCUT2D eigenvalue weighted by Gasteiger charge is 2.36. The van der Waals surface area contributed by atoms with Crippen LogP contribution in [-0.4, -0.2) is 123 Å². The highest BCUT2D eigenvalue weighted by Crippen LogP contribution is 2.44. The van der Waals surface area contributed by atoms with Gasteiger partial charge in [0.15, 0.2) is 0 Å². The van der Waals surface area contributed by atoms with Crippen LogP contribution in [0.2, 0.25) is 0 Å². The molecule has 14 nitrogen and oxygen atoms in total. The number of nitrogens with one attached hydrogen (secondary N) is 1. The van der Waals surface area contributed by atoms with E-state index < -0.39 is 5.82 Å². The van der Waals surface area contributed by atoms with Gasteiger partial charge >= 0.3 is 0 Å². The summed E-state index contributed by atoms with van der Waals surface area (Å²) in [6.45, 7) is 12.0. The van der Waals surface area contributed by atoms with Gasteiger partial charge in [0.1, 0.15) is 35.7 Å². The van der Waals surface area contributed by atoms with Gasteiger partial charge in [-0.1, -0.05) is 36.8 Å². The van der Waals surface area contributed by atoms with Gasteiger partial charge in [0.2, 0.25) is 5.91 Å². The number of likely N-dealkylation sites (tertiary alicyclic amines) is 1. The number of rotatable bonds is 14. The molecule has 15 heteroatoms. The second-order valence-electron chi connectivity index (χ2n) is 20.7. The Balaban J connectivity index is 1.04. The van der Waals surface area contributed by atoms with Crippen LogP contribution in [0.15, 0.2) is 84.9 Å². The SMILES string of the molecule is Cc1c(-c2c(C(=O)Nc3ccc(O)cc3)c(C)n(C)c2-c2cc3c(cc2C(=O)N2Cc4ccccc4C[C@H]2CCN2CCCCC2)CN(C(=O)Cc2ccc(OCCN4CCOCC4)cc2F)CC3)cc(C#N)n1C. The van der Waals surface area contributed by atoms with Crippen LogP contribution in [0.25, 0.3) is 22.4 Å². The number of anilines is 1. The van der Waals surface area contributed by atoms with E-state index in [1.165, 1.54) is 43.0 Å². The van der Waals surface area contributed by atoms with Crippen LogP contribution in [0, 0.1) is 31.0 Å². The lowest BCUT2D eigenvalue weighted by atomic mass is 9.87. The first kappa shape index (κ1) is 51.2. The number of aromatic nitrogens is 2. The number of carbonyl (C=O) groups excluding carboxylic acids is 3. The highest BCUT2D eigenvalue weighted by molar-refractivity contribution is 6.14. The molecule has 2 aromatic heterocycles. The lowest BCUT2D eigenvalue weighted by Gasteiger charge is -2.39. The number of fused-ring (bicyclic) bond motifs is 2. The molecule has 0 saturated carbocycles. The lowest BCUT2D eigenvalue weighted by Crippen LogP contribution is -2.46. The molecule has 4 aliphatic heterocycles. The zero-order valence-electron chi connectivity index (χ0n) is 43.6. The molecule has 75 heavy (non-hydrogen) atoms. The third kappa shape index (κ3) is 10.8. The van der Waals surface area contributed by atoms with E-state index in [0.717, 1.165) is 61.5 Å². The largest absolute Gasteiger partial charge is 0.508 e. The summed E-state index contributed by atoms with van der Waals surface area (Å²) in [5.41, 5.74) is 10.1. The average Bonchev–Trinajstić information content (AvgIpc) is 3.87. The fraction of sp³-hybridized carbons (Fsp3) is 0.400. The number of halogens is 1. The first-order chi connectivity index (χ1) is 36.3. The van der Waals surface area contributed by atoms with Gasteiger partial charge < -0.3 is 43.7 Å². The molecule has 3 amide bonds. The molecule has 6 heterocycles. The van der Waals surface area contributed by atoms with Crippen molar-refractivity contribution in [1.82, 2.24) is 28.7 Å². The zero-order valence-corrected chi connectivity index (χ0v) is 43.6. The number of carbonyl (C=O) groups is 3. The topological polar surface area (TPSA) is 149 Å². The second kappa shape index (κ2) is 22.3. The molecule has 6 aromatic rings. The highest BCUT2D eigenvalue weighted by atomic mass is 19.1. The molecule has 0 bridgehead atoms. The van der Waals surface area contributed by atoms with E-state index in [9.17, 15) is 20.0 Å². The number of ether oxygens (including phenoxy) is 2. The molecule has 0 spiro atoms. The molecule has 2 N–H and O–H groups in total. The first-order valence-corrected chi connectivity index (χ1v) is 26.5. The van der Waals surface area contributed by atoms with Crippen molar-refractivity contribution in [1.29, 1.82) is 5.26 Å². The van der Waals surface area contributed by atoms with Gasteiger partial charge in [-0.05, 0) is 135 Å². The Kier molecular flexibility index (Phi) is 15.2. The van der Waals surface area contributed by atoms with Crippen LogP contribution in [0.4, 0.5) is 10.1 Å². The summed E-state index contributed by atoms with van der Waals surface area (Å²) in [7, 11) is 3.74. The van der Waals surface area contributed by atoms with Crippen molar-refractivity contribution in [2.24, 2.45) is 14.1 Å². The molecular weight excluding hydrogens is 948 g/mol. The van der Waals surface area contributed by atoms with Crippen LogP contribution in [-0.2, 0) is 56.0 Å². The number of piperidine rings is 1. The van der Waals surface area contributed by atoms with Gasteiger partial charge in [0.25, 0.3) is 11.8 Å². The molecule has 0 unspecified atom stereocenters. The Morgan fingerprint density at radius 2 is 1.55 bits per heavy atom. The van der Waals surface area contributed by atoms with Gasteiger partial charge in [-0.25, -0.2) is 4.39 Å². The fourth-order valence-corrected chi connectivity index (χ4v) is 11.6. The van der Waals surface area contributed by atoms with Crippen molar-refractivity contribution in [2.75, 3.05) is 71.0 Å². The molecule has 2 fully saturated rings. The Morgan fingerprint density at radius 3 is 2.28 bits per heavy atom. The molecule has 4 aliphatic rings. The maximum atomic E-state index is 16.1. The van der Waals surface area contributed by atoms with E-state index >= 15 is 9.18 Å². The molecule has 0 aliphatic carbocycles. The van der Waals surface area contributed by atoms with Gasteiger partial charge in [0.05, 0.1) is 30.9 Å². The van der Waals surface area contributed by atoms with E-state index in [4.69, 9.17) is 9.47 Å². The first-order valence-electron chi connectivity index (χ1n) is 26.5. The van der Waals surface area contributed by atoms with Crippen molar-refractivity contribution in [3.05, 3.63) is 147 Å². The van der Waals surface area contributed by atoms with Crippen LogP contribution in [0.1, 0.15) is 91.3 Å². The van der Waals surface area contributed by atoms with Crippen molar-refractivity contribution in [2.45, 2.75) is 77.9 Å². The van der Waals surface area contributed by atoms with E-state index in [1.807, 2.05) is 60.2 Å². The number of aromatic hydroxyl groups is 1. The van der Waals surface area contributed by atoms with Crippen molar-refractivity contribution in [3.63, 3.8) is 0 Å². The number of hydrogen-bond acceptors (Lipinski definition) is 9. The van der Waals surface area contributed by atoms with Gasteiger partial charge in [-0.3, -0.25) is 19.3 Å². The minimum atomic E-state index is -0.500. The molecule has 1 atom stereocenters. The van der Waals surface area contributed by atoms with Crippen molar-refractivity contribution in [3.8, 4) is 40.0 Å². The number of phenolic OH excluding ortho intramolecular Hbond substituents is 1. The maximum Gasteiger partial charge on any atom is 0.258 e. The number of phenols is 1.